The Balaban J connectivity index is 2.34. The van der Waals surface area contributed by atoms with E-state index in [4.69, 9.17) is 15.5 Å². The summed E-state index contributed by atoms with van der Waals surface area (Å²) in [4.78, 5) is 0. The van der Waals surface area contributed by atoms with E-state index in [1.54, 1.807) is 0 Å². The standard InChI is InChI=1S/C27H42BrPS2/c1-4-7-20-29(28,21-8-5-2,22-9-6-3)27(30-23-25-16-12-10-13-17-25)31-24-26-18-14-11-15-19-26/h10-19,27H,4-9,20-24H2,1-3H3. The van der Waals surface area contributed by atoms with Crippen molar-refractivity contribution in [3.63, 3.8) is 0 Å². The molecule has 0 unspecified atom stereocenters. The first-order chi connectivity index (χ1) is 15.0. The predicted molar refractivity (Wildman–Crippen MR) is 154 cm³/mol. The number of hydrogen-bond acceptors (Lipinski definition) is 2. The van der Waals surface area contributed by atoms with Crippen molar-refractivity contribution in [2.75, 3.05) is 18.5 Å². The van der Waals surface area contributed by atoms with Crippen molar-refractivity contribution in [1.82, 2.24) is 0 Å². The van der Waals surface area contributed by atoms with Crippen LogP contribution in [-0.4, -0.2) is 22.8 Å². The molecule has 0 radical (unpaired) electrons. The van der Waals surface area contributed by atoms with Crippen molar-refractivity contribution < 1.29 is 0 Å². The Hall–Kier alpha value is 0.0500. The number of hydrogen-bond donors (Lipinski definition) is 0. The molecule has 0 saturated carbocycles. The van der Waals surface area contributed by atoms with Gasteiger partial charge >= 0.3 is 210 Å². The zero-order valence-corrected chi connectivity index (χ0v) is 23.9. The molecule has 2 aromatic rings. The zero-order valence-electron chi connectivity index (χ0n) is 19.8. The number of rotatable bonds is 16. The van der Waals surface area contributed by atoms with Gasteiger partial charge in [-0.15, -0.1) is 0 Å². The van der Waals surface area contributed by atoms with Crippen LogP contribution in [0, 0.1) is 0 Å². The Morgan fingerprint density at radius 3 is 1.32 bits per heavy atom. The van der Waals surface area contributed by atoms with E-state index in [-0.39, 0.29) is 0 Å². The van der Waals surface area contributed by atoms with Gasteiger partial charge in [0.2, 0.25) is 0 Å². The minimum atomic E-state index is -2.06. The molecule has 0 heterocycles. The quantitative estimate of drug-likeness (QED) is 0.153. The summed E-state index contributed by atoms with van der Waals surface area (Å²) in [5.41, 5.74) is 2.91. The van der Waals surface area contributed by atoms with Gasteiger partial charge in [-0.2, -0.15) is 0 Å². The molecule has 174 valence electrons. The average Bonchev–Trinajstić information content (AvgIpc) is 2.82. The van der Waals surface area contributed by atoms with Crippen LogP contribution in [0.15, 0.2) is 60.7 Å². The molecule has 0 atom stereocenters. The van der Waals surface area contributed by atoms with Crippen molar-refractivity contribution >= 4 is 44.3 Å². The maximum atomic E-state index is 4.70. The summed E-state index contributed by atoms with van der Waals surface area (Å²) < 4.78 is 0.649. The van der Waals surface area contributed by atoms with Crippen LogP contribution < -0.4 is 0 Å². The van der Waals surface area contributed by atoms with Gasteiger partial charge < -0.3 is 0 Å². The second-order valence-corrected chi connectivity index (χ2v) is 22.9. The van der Waals surface area contributed by atoms with E-state index in [0.29, 0.717) is 4.32 Å². The summed E-state index contributed by atoms with van der Waals surface area (Å²) in [6, 6.07) is 22.1. The summed E-state index contributed by atoms with van der Waals surface area (Å²) in [7, 11) is 0. The topological polar surface area (TPSA) is 0 Å². The molecular formula is C27H42BrPS2. The molecule has 0 fully saturated rings. The van der Waals surface area contributed by atoms with Crippen molar-refractivity contribution in [2.45, 2.75) is 75.1 Å². The summed E-state index contributed by atoms with van der Waals surface area (Å²) in [5.74, 6) is 2.22. The fourth-order valence-corrected chi connectivity index (χ4v) is 20.2. The van der Waals surface area contributed by atoms with E-state index >= 15 is 0 Å². The van der Waals surface area contributed by atoms with E-state index in [1.807, 2.05) is 0 Å². The molecule has 0 saturated heterocycles. The van der Waals surface area contributed by atoms with Crippen LogP contribution in [0.3, 0.4) is 0 Å². The van der Waals surface area contributed by atoms with Crippen molar-refractivity contribution in [2.24, 2.45) is 0 Å². The van der Waals surface area contributed by atoms with Crippen LogP contribution >= 0.6 is 44.3 Å². The second-order valence-electron chi connectivity index (χ2n) is 8.81. The molecule has 0 spiro atoms. The molecular weight excluding hydrogens is 499 g/mol. The molecule has 0 aliphatic rings. The van der Waals surface area contributed by atoms with E-state index in [0.717, 1.165) is 11.5 Å². The zero-order chi connectivity index (χ0) is 22.4. The van der Waals surface area contributed by atoms with Gasteiger partial charge in [0.25, 0.3) is 0 Å². The Morgan fingerprint density at radius 2 is 1.00 bits per heavy atom. The third kappa shape index (κ3) is 8.73. The monoisotopic (exact) mass is 540 g/mol. The number of unbranched alkanes of at least 4 members (excludes halogenated alkanes) is 3. The molecule has 0 nitrogen and oxygen atoms in total. The molecule has 0 bridgehead atoms. The predicted octanol–water partition coefficient (Wildman–Crippen LogP) is 10.4. The third-order valence-corrected chi connectivity index (χ3v) is 23.9. The minimum absolute atomic E-state index is 0.649. The van der Waals surface area contributed by atoms with Crippen LogP contribution in [-0.2, 0) is 11.5 Å². The summed E-state index contributed by atoms with van der Waals surface area (Å²) in [5, 5.41) is -2.06. The first-order valence-electron chi connectivity index (χ1n) is 12.1. The van der Waals surface area contributed by atoms with Gasteiger partial charge in [-0.05, 0) is 0 Å². The van der Waals surface area contributed by atoms with Gasteiger partial charge in [0, 0.05) is 0 Å². The van der Waals surface area contributed by atoms with Crippen LogP contribution in [0.25, 0.3) is 0 Å². The maximum absolute atomic E-state index is 4.70. The van der Waals surface area contributed by atoms with Crippen LogP contribution in [0.4, 0.5) is 0 Å². The Morgan fingerprint density at radius 1 is 0.645 bits per heavy atom. The van der Waals surface area contributed by atoms with Crippen molar-refractivity contribution in [1.29, 1.82) is 0 Å². The molecule has 0 aliphatic heterocycles. The molecule has 0 amide bonds. The van der Waals surface area contributed by atoms with Gasteiger partial charge in [0.05, 0.1) is 0 Å². The van der Waals surface area contributed by atoms with Crippen LogP contribution in [0.5, 0.6) is 0 Å². The van der Waals surface area contributed by atoms with E-state index in [9.17, 15) is 0 Å². The molecule has 0 aromatic heterocycles. The SMILES string of the molecule is CCCCP(Br)(CCCC)(CCCC)C(SCc1ccccc1)SCc1ccccc1. The normalized spacial score (nSPS) is 13.3. The number of thioether (sulfide) groups is 2. The van der Waals surface area contributed by atoms with E-state index in [2.05, 4.69) is 105 Å². The Labute approximate surface area is 208 Å². The van der Waals surface area contributed by atoms with Crippen LogP contribution in [0.2, 0.25) is 0 Å². The fraction of sp³-hybridized carbons (Fsp3) is 0.556. The Kier molecular flexibility index (Phi) is 12.6. The molecule has 2 aromatic carbocycles. The number of halogens is 1. The van der Waals surface area contributed by atoms with E-state index < -0.39 is 5.31 Å². The molecule has 2 rings (SSSR count). The summed E-state index contributed by atoms with van der Waals surface area (Å²) in [6.45, 7) is 7.07. The van der Waals surface area contributed by atoms with Gasteiger partial charge in [-0.25, -0.2) is 0 Å². The molecule has 31 heavy (non-hydrogen) atoms. The molecule has 0 aliphatic carbocycles. The Bertz CT molecular complexity index is 655. The van der Waals surface area contributed by atoms with E-state index in [1.165, 1.54) is 68.1 Å². The first kappa shape index (κ1) is 27.3. The van der Waals surface area contributed by atoms with Gasteiger partial charge in [0.1, 0.15) is 0 Å². The first-order valence-corrected chi connectivity index (χ1v) is 19.1. The van der Waals surface area contributed by atoms with Crippen LogP contribution in [0.1, 0.15) is 70.4 Å². The van der Waals surface area contributed by atoms with Gasteiger partial charge in [-0.3, -0.25) is 0 Å². The van der Waals surface area contributed by atoms with Gasteiger partial charge in [0.15, 0.2) is 0 Å². The van der Waals surface area contributed by atoms with Crippen molar-refractivity contribution in [3.8, 4) is 0 Å². The van der Waals surface area contributed by atoms with Crippen molar-refractivity contribution in [3.05, 3.63) is 71.8 Å². The van der Waals surface area contributed by atoms with Gasteiger partial charge in [-0.1, -0.05) is 0 Å². The number of benzene rings is 2. The molecule has 4 heteroatoms. The molecule has 0 N–H and O–H groups in total. The fourth-order valence-electron chi connectivity index (χ4n) is 4.15. The third-order valence-electron chi connectivity index (χ3n) is 6.12. The average molecular weight is 542 g/mol. The second kappa shape index (κ2) is 14.3. The summed E-state index contributed by atoms with van der Waals surface area (Å²) >= 11 is 9.15. The summed E-state index contributed by atoms with van der Waals surface area (Å²) in [6.07, 6.45) is 12.1.